The van der Waals surface area contributed by atoms with Crippen molar-refractivity contribution in [1.82, 2.24) is 9.71 Å². The van der Waals surface area contributed by atoms with Gasteiger partial charge in [0.1, 0.15) is 4.90 Å². The standard InChI is InChI=1S/C13H18N2O4S/c16-12(17)13(6-2-1-3-7-13)10-15-20(18,19)11-5-4-8-14-9-11/h4-5,8-9,15H,1-3,6-7,10H2,(H,16,17). The molecular formula is C13H18N2O4S. The van der Waals surface area contributed by atoms with Crippen LogP contribution in [0.2, 0.25) is 0 Å². The van der Waals surface area contributed by atoms with Gasteiger partial charge in [0.2, 0.25) is 10.0 Å². The van der Waals surface area contributed by atoms with Gasteiger partial charge in [-0.3, -0.25) is 9.78 Å². The first-order valence-corrected chi connectivity index (χ1v) is 8.08. The summed E-state index contributed by atoms with van der Waals surface area (Å²) in [6.45, 7) is -0.0699. The van der Waals surface area contributed by atoms with Crippen molar-refractivity contribution in [2.75, 3.05) is 6.54 Å². The van der Waals surface area contributed by atoms with Crippen LogP contribution in [0.4, 0.5) is 0 Å². The largest absolute Gasteiger partial charge is 0.481 e. The zero-order valence-corrected chi connectivity index (χ0v) is 11.9. The predicted molar refractivity (Wildman–Crippen MR) is 72.6 cm³/mol. The minimum atomic E-state index is -3.71. The molecule has 6 nitrogen and oxygen atoms in total. The average molecular weight is 298 g/mol. The third-order valence-electron chi connectivity index (χ3n) is 3.81. The van der Waals surface area contributed by atoms with Crippen LogP contribution < -0.4 is 4.72 Å². The van der Waals surface area contributed by atoms with Crippen molar-refractivity contribution in [3.8, 4) is 0 Å². The van der Waals surface area contributed by atoms with Gasteiger partial charge in [-0.2, -0.15) is 0 Å². The van der Waals surface area contributed by atoms with Crippen LogP contribution in [-0.2, 0) is 14.8 Å². The zero-order chi connectivity index (χ0) is 14.6. The van der Waals surface area contributed by atoms with Gasteiger partial charge in [-0.1, -0.05) is 19.3 Å². The number of carboxylic acid groups (broad SMARTS) is 1. The molecule has 7 heteroatoms. The summed E-state index contributed by atoms with van der Waals surface area (Å²) in [4.78, 5) is 15.3. The molecule has 2 rings (SSSR count). The van der Waals surface area contributed by atoms with E-state index in [0.29, 0.717) is 12.8 Å². The first-order valence-electron chi connectivity index (χ1n) is 6.59. The molecule has 110 valence electrons. The normalized spacial score (nSPS) is 18.6. The molecule has 2 N–H and O–H groups in total. The maximum atomic E-state index is 12.1. The first-order chi connectivity index (χ1) is 9.46. The molecule has 0 unspecified atom stereocenters. The minimum Gasteiger partial charge on any atom is -0.481 e. The highest BCUT2D eigenvalue weighted by molar-refractivity contribution is 7.89. The van der Waals surface area contributed by atoms with Crippen LogP contribution in [0.15, 0.2) is 29.4 Å². The Morgan fingerprint density at radius 2 is 2.05 bits per heavy atom. The monoisotopic (exact) mass is 298 g/mol. The number of aliphatic carboxylic acids is 1. The highest BCUT2D eigenvalue weighted by atomic mass is 32.2. The lowest BCUT2D eigenvalue weighted by Crippen LogP contribution is -2.44. The Kier molecular flexibility index (Phi) is 4.39. The fourth-order valence-corrected chi connectivity index (χ4v) is 3.61. The fraction of sp³-hybridized carbons (Fsp3) is 0.538. The molecule has 0 bridgehead atoms. The maximum Gasteiger partial charge on any atom is 0.310 e. The minimum absolute atomic E-state index is 0.0522. The molecular weight excluding hydrogens is 280 g/mol. The maximum absolute atomic E-state index is 12.1. The van der Waals surface area contributed by atoms with Crippen LogP contribution in [-0.4, -0.2) is 31.0 Å². The molecule has 0 amide bonds. The molecule has 0 saturated heterocycles. The number of sulfonamides is 1. The lowest BCUT2D eigenvalue weighted by Gasteiger charge is -2.33. The Balaban J connectivity index is 2.12. The highest BCUT2D eigenvalue weighted by Crippen LogP contribution is 2.36. The van der Waals surface area contributed by atoms with E-state index in [1.54, 1.807) is 0 Å². The first kappa shape index (κ1) is 14.9. The summed E-state index contributed by atoms with van der Waals surface area (Å²) < 4.78 is 26.6. The number of aromatic nitrogens is 1. The summed E-state index contributed by atoms with van der Waals surface area (Å²) in [6, 6.07) is 2.96. The zero-order valence-electron chi connectivity index (χ0n) is 11.1. The summed E-state index contributed by atoms with van der Waals surface area (Å²) in [5.74, 6) is -0.925. The van der Waals surface area contributed by atoms with E-state index in [4.69, 9.17) is 0 Å². The number of rotatable bonds is 5. The number of hydrogen-bond acceptors (Lipinski definition) is 4. The molecule has 1 fully saturated rings. The van der Waals surface area contributed by atoms with Crippen molar-refractivity contribution in [2.24, 2.45) is 5.41 Å². The van der Waals surface area contributed by atoms with Gasteiger partial charge < -0.3 is 5.11 Å². The smallest absolute Gasteiger partial charge is 0.310 e. The molecule has 1 aromatic rings. The molecule has 1 heterocycles. The van der Waals surface area contributed by atoms with E-state index in [0.717, 1.165) is 19.3 Å². The van der Waals surface area contributed by atoms with Crippen molar-refractivity contribution in [3.05, 3.63) is 24.5 Å². The third kappa shape index (κ3) is 3.16. The predicted octanol–water partition coefficient (Wildman–Crippen LogP) is 1.39. The van der Waals surface area contributed by atoms with Gasteiger partial charge in [0, 0.05) is 18.9 Å². The van der Waals surface area contributed by atoms with Crippen molar-refractivity contribution >= 4 is 16.0 Å². The van der Waals surface area contributed by atoms with Crippen LogP contribution in [0.25, 0.3) is 0 Å². The Morgan fingerprint density at radius 3 is 2.60 bits per heavy atom. The Labute approximate surface area is 118 Å². The van der Waals surface area contributed by atoms with Crippen LogP contribution in [0.1, 0.15) is 32.1 Å². The Hall–Kier alpha value is -1.47. The topological polar surface area (TPSA) is 96.4 Å². The lowest BCUT2D eigenvalue weighted by atomic mass is 9.74. The second-order valence-electron chi connectivity index (χ2n) is 5.16. The molecule has 0 radical (unpaired) electrons. The van der Waals surface area contributed by atoms with E-state index in [-0.39, 0.29) is 11.4 Å². The number of nitrogens with zero attached hydrogens (tertiary/aromatic N) is 1. The molecule has 0 aliphatic heterocycles. The summed E-state index contributed by atoms with van der Waals surface area (Å²) in [7, 11) is -3.71. The van der Waals surface area contributed by atoms with Crippen LogP contribution >= 0.6 is 0 Å². The van der Waals surface area contributed by atoms with E-state index < -0.39 is 21.4 Å². The molecule has 0 atom stereocenters. The van der Waals surface area contributed by atoms with E-state index in [1.807, 2.05) is 0 Å². The van der Waals surface area contributed by atoms with E-state index in [9.17, 15) is 18.3 Å². The fourth-order valence-electron chi connectivity index (χ4n) is 2.52. The van der Waals surface area contributed by atoms with Crippen molar-refractivity contribution in [2.45, 2.75) is 37.0 Å². The number of carboxylic acids is 1. The van der Waals surface area contributed by atoms with Gasteiger partial charge in [-0.15, -0.1) is 0 Å². The molecule has 1 saturated carbocycles. The second-order valence-corrected chi connectivity index (χ2v) is 6.93. The molecule has 1 aliphatic rings. The van der Waals surface area contributed by atoms with Gasteiger partial charge in [0.25, 0.3) is 0 Å². The molecule has 0 spiro atoms. The van der Waals surface area contributed by atoms with Crippen LogP contribution in [0.3, 0.4) is 0 Å². The lowest BCUT2D eigenvalue weighted by molar-refractivity contribution is -0.150. The third-order valence-corrected chi connectivity index (χ3v) is 5.20. The van der Waals surface area contributed by atoms with Crippen molar-refractivity contribution < 1.29 is 18.3 Å². The SMILES string of the molecule is O=C(O)C1(CNS(=O)(=O)c2cccnc2)CCCCC1. The Morgan fingerprint density at radius 1 is 1.35 bits per heavy atom. The van der Waals surface area contributed by atoms with E-state index in [2.05, 4.69) is 9.71 Å². The summed E-state index contributed by atoms with van der Waals surface area (Å²) in [5.41, 5.74) is -0.979. The van der Waals surface area contributed by atoms with Crippen molar-refractivity contribution in [1.29, 1.82) is 0 Å². The number of nitrogens with one attached hydrogen (secondary N) is 1. The quantitative estimate of drug-likeness (QED) is 0.856. The number of pyridine rings is 1. The summed E-state index contributed by atoms with van der Waals surface area (Å²) in [6.07, 6.45) is 6.40. The summed E-state index contributed by atoms with van der Waals surface area (Å²) in [5, 5.41) is 9.41. The van der Waals surface area contributed by atoms with Gasteiger partial charge in [0.05, 0.1) is 5.41 Å². The van der Waals surface area contributed by atoms with Crippen molar-refractivity contribution in [3.63, 3.8) is 0 Å². The number of carbonyl (C=O) groups is 1. The van der Waals surface area contributed by atoms with Gasteiger partial charge in [-0.25, -0.2) is 13.1 Å². The second kappa shape index (κ2) is 5.88. The molecule has 20 heavy (non-hydrogen) atoms. The summed E-state index contributed by atoms with van der Waals surface area (Å²) >= 11 is 0. The Bertz CT molecular complexity index is 565. The molecule has 1 aliphatic carbocycles. The van der Waals surface area contributed by atoms with E-state index in [1.165, 1.54) is 24.5 Å². The average Bonchev–Trinajstić information content (AvgIpc) is 2.47. The highest BCUT2D eigenvalue weighted by Gasteiger charge is 2.40. The molecule has 0 aromatic carbocycles. The van der Waals surface area contributed by atoms with Gasteiger partial charge >= 0.3 is 5.97 Å². The molecule has 1 aromatic heterocycles. The number of hydrogen-bond donors (Lipinski definition) is 2. The van der Waals surface area contributed by atoms with E-state index >= 15 is 0 Å². The van der Waals surface area contributed by atoms with Crippen LogP contribution in [0.5, 0.6) is 0 Å². The van der Waals surface area contributed by atoms with Gasteiger partial charge in [-0.05, 0) is 25.0 Å². The van der Waals surface area contributed by atoms with Crippen LogP contribution in [0, 0.1) is 5.41 Å². The van der Waals surface area contributed by atoms with Gasteiger partial charge in [0.15, 0.2) is 0 Å².